The van der Waals surface area contributed by atoms with Gasteiger partial charge in [0.05, 0.1) is 0 Å². The second kappa shape index (κ2) is 4.33. The van der Waals surface area contributed by atoms with Gasteiger partial charge in [0, 0.05) is 10.5 Å². The maximum atomic E-state index is 6.79. The molecule has 0 amide bonds. The fourth-order valence-electron chi connectivity index (χ4n) is 6.19. The van der Waals surface area contributed by atoms with Crippen molar-refractivity contribution < 1.29 is 0 Å². The molecule has 4 bridgehead atoms. The van der Waals surface area contributed by atoms with Crippen LogP contribution in [0.2, 0.25) is 0 Å². The van der Waals surface area contributed by atoms with Crippen molar-refractivity contribution in [2.45, 2.75) is 51.5 Å². The van der Waals surface area contributed by atoms with Crippen molar-refractivity contribution in [3.8, 4) is 0 Å². The number of halogens is 1. The van der Waals surface area contributed by atoms with Gasteiger partial charge in [0.25, 0.3) is 0 Å². The van der Waals surface area contributed by atoms with Gasteiger partial charge in [-0.3, -0.25) is 0 Å². The van der Waals surface area contributed by atoms with E-state index in [2.05, 4.69) is 47.1 Å². The summed E-state index contributed by atoms with van der Waals surface area (Å²) in [5.74, 6) is 1.89. The standard InChI is InChI=1S/C18H24BrN/c1-17-7-12-6-13(8-17)10-18(9-12,11-17)16(20)14-2-4-15(19)5-3-14/h2-5,12-13,16H,6-11,20H2,1H3. The van der Waals surface area contributed by atoms with Crippen LogP contribution in [-0.4, -0.2) is 0 Å². The number of benzene rings is 1. The number of hydrogen-bond acceptors (Lipinski definition) is 1. The fraction of sp³-hybridized carbons (Fsp3) is 0.667. The molecule has 2 N–H and O–H groups in total. The van der Waals surface area contributed by atoms with E-state index in [1.807, 2.05) is 0 Å². The van der Waals surface area contributed by atoms with E-state index in [0.29, 0.717) is 10.8 Å². The van der Waals surface area contributed by atoms with Crippen molar-refractivity contribution in [3.05, 3.63) is 34.3 Å². The van der Waals surface area contributed by atoms with Gasteiger partial charge in [-0.2, -0.15) is 0 Å². The van der Waals surface area contributed by atoms with Crippen LogP contribution in [0, 0.1) is 22.7 Å². The third-order valence-corrected chi connectivity index (χ3v) is 6.82. The first-order valence-corrected chi connectivity index (χ1v) is 8.78. The molecule has 4 fully saturated rings. The fourth-order valence-corrected chi connectivity index (χ4v) is 6.45. The Morgan fingerprint density at radius 2 is 1.70 bits per heavy atom. The predicted octanol–water partition coefficient (Wildman–Crippen LogP) is 5.06. The minimum absolute atomic E-state index is 0.223. The van der Waals surface area contributed by atoms with Crippen molar-refractivity contribution in [2.24, 2.45) is 28.4 Å². The van der Waals surface area contributed by atoms with E-state index in [-0.39, 0.29) is 6.04 Å². The van der Waals surface area contributed by atoms with Crippen LogP contribution in [0.25, 0.3) is 0 Å². The molecule has 1 nitrogen and oxygen atoms in total. The summed E-state index contributed by atoms with van der Waals surface area (Å²) in [4.78, 5) is 0. The van der Waals surface area contributed by atoms with Crippen LogP contribution in [0.15, 0.2) is 28.7 Å². The summed E-state index contributed by atoms with van der Waals surface area (Å²) in [6.07, 6.45) is 8.48. The molecular formula is C18H24BrN. The summed E-state index contributed by atoms with van der Waals surface area (Å²) in [5, 5.41) is 0. The molecule has 2 heteroatoms. The van der Waals surface area contributed by atoms with Crippen LogP contribution in [0.5, 0.6) is 0 Å². The van der Waals surface area contributed by atoms with Gasteiger partial charge in [0.1, 0.15) is 0 Å². The SMILES string of the molecule is CC12CC3CC(C1)CC(C(N)c1ccc(Br)cc1)(C3)C2. The molecule has 5 rings (SSSR count). The van der Waals surface area contributed by atoms with E-state index in [1.165, 1.54) is 44.1 Å². The van der Waals surface area contributed by atoms with Crippen LogP contribution < -0.4 is 5.73 Å². The Kier molecular flexibility index (Phi) is 2.89. The Labute approximate surface area is 130 Å². The van der Waals surface area contributed by atoms with Gasteiger partial charge in [0.15, 0.2) is 0 Å². The smallest absolute Gasteiger partial charge is 0.0352 e. The zero-order valence-corrected chi connectivity index (χ0v) is 13.8. The van der Waals surface area contributed by atoms with E-state index in [1.54, 1.807) is 0 Å². The van der Waals surface area contributed by atoms with Crippen molar-refractivity contribution in [1.29, 1.82) is 0 Å². The van der Waals surface area contributed by atoms with Gasteiger partial charge >= 0.3 is 0 Å². The van der Waals surface area contributed by atoms with E-state index >= 15 is 0 Å². The molecule has 1 aromatic rings. The van der Waals surface area contributed by atoms with Crippen LogP contribution in [-0.2, 0) is 0 Å². The molecule has 3 atom stereocenters. The van der Waals surface area contributed by atoms with Crippen molar-refractivity contribution in [1.82, 2.24) is 0 Å². The molecule has 20 heavy (non-hydrogen) atoms. The van der Waals surface area contributed by atoms with Crippen molar-refractivity contribution >= 4 is 15.9 Å². The molecule has 0 aliphatic heterocycles. The first-order valence-electron chi connectivity index (χ1n) is 7.99. The Morgan fingerprint density at radius 3 is 2.25 bits per heavy atom. The first-order chi connectivity index (χ1) is 9.48. The van der Waals surface area contributed by atoms with Gasteiger partial charge in [-0.25, -0.2) is 0 Å². The van der Waals surface area contributed by atoms with E-state index in [4.69, 9.17) is 5.73 Å². The van der Waals surface area contributed by atoms with Crippen LogP contribution >= 0.6 is 15.9 Å². The highest BCUT2D eigenvalue weighted by molar-refractivity contribution is 9.10. The number of hydrogen-bond donors (Lipinski definition) is 1. The molecule has 0 aromatic heterocycles. The summed E-state index contributed by atoms with van der Waals surface area (Å²) in [7, 11) is 0. The molecule has 3 unspecified atom stereocenters. The minimum Gasteiger partial charge on any atom is -0.323 e. The average molecular weight is 334 g/mol. The normalized spacial score (nSPS) is 43.8. The predicted molar refractivity (Wildman–Crippen MR) is 86.3 cm³/mol. The van der Waals surface area contributed by atoms with Gasteiger partial charge in [0.2, 0.25) is 0 Å². The Hall–Kier alpha value is -0.340. The zero-order chi connectivity index (χ0) is 14.0. The number of nitrogens with two attached hydrogens (primary N) is 1. The highest BCUT2D eigenvalue weighted by Crippen LogP contribution is 2.67. The Morgan fingerprint density at radius 1 is 1.10 bits per heavy atom. The highest BCUT2D eigenvalue weighted by atomic mass is 79.9. The second-order valence-electron chi connectivity index (χ2n) is 8.16. The molecule has 1 aromatic carbocycles. The summed E-state index contributed by atoms with van der Waals surface area (Å²) >= 11 is 3.53. The summed E-state index contributed by atoms with van der Waals surface area (Å²) in [5.41, 5.74) is 9.08. The summed E-state index contributed by atoms with van der Waals surface area (Å²) < 4.78 is 1.14. The third-order valence-electron chi connectivity index (χ3n) is 6.29. The molecule has 0 saturated heterocycles. The highest BCUT2D eigenvalue weighted by Gasteiger charge is 2.57. The molecule has 0 spiro atoms. The molecule has 4 saturated carbocycles. The Balaban J connectivity index is 1.68. The van der Waals surface area contributed by atoms with Gasteiger partial charge in [-0.1, -0.05) is 35.0 Å². The van der Waals surface area contributed by atoms with Gasteiger partial charge in [-0.05, 0) is 78.9 Å². The van der Waals surface area contributed by atoms with E-state index in [0.717, 1.165) is 16.3 Å². The topological polar surface area (TPSA) is 26.0 Å². The molecule has 4 aliphatic carbocycles. The van der Waals surface area contributed by atoms with Gasteiger partial charge in [-0.15, -0.1) is 0 Å². The Bertz CT molecular complexity index is 507. The maximum absolute atomic E-state index is 6.79. The van der Waals surface area contributed by atoms with E-state index < -0.39 is 0 Å². The third kappa shape index (κ3) is 1.99. The molecule has 4 aliphatic rings. The molecule has 0 radical (unpaired) electrons. The average Bonchev–Trinajstić information content (AvgIpc) is 2.36. The van der Waals surface area contributed by atoms with Crippen LogP contribution in [0.1, 0.15) is 57.1 Å². The zero-order valence-electron chi connectivity index (χ0n) is 12.2. The monoisotopic (exact) mass is 333 g/mol. The van der Waals surface area contributed by atoms with Crippen molar-refractivity contribution in [2.75, 3.05) is 0 Å². The van der Waals surface area contributed by atoms with E-state index in [9.17, 15) is 0 Å². The lowest BCUT2D eigenvalue weighted by molar-refractivity contribution is -0.113. The quantitative estimate of drug-likeness (QED) is 0.804. The van der Waals surface area contributed by atoms with Crippen LogP contribution in [0.4, 0.5) is 0 Å². The first kappa shape index (κ1) is 13.3. The lowest BCUT2D eigenvalue weighted by Crippen LogP contribution is -2.54. The minimum atomic E-state index is 0.223. The summed E-state index contributed by atoms with van der Waals surface area (Å²) in [6, 6.07) is 8.93. The molecular weight excluding hydrogens is 310 g/mol. The second-order valence-corrected chi connectivity index (χ2v) is 9.08. The van der Waals surface area contributed by atoms with Gasteiger partial charge < -0.3 is 5.73 Å². The maximum Gasteiger partial charge on any atom is 0.0352 e. The van der Waals surface area contributed by atoms with Crippen LogP contribution in [0.3, 0.4) is 0 Å². The summed E-state index contributed by atoms with van der Waals surface area (Å²) in [6.45, 7) is 2.52. The van der Waals surface area contributed by atoms with Crippen molar-refractivity contribution in [3.63, 3.8) is 0 Å². The number of rotatable bonds is 2. The lowest BCUT2D eigenvalue weighted by atomic mass is 9.43. The molecule has 0 heterocycles. The largest absolute Gasteiger partial charge is 0.323 e. The molecule has 108 valence electrons. The lowest BCUT2D eigenvalue weighted by Gasteiger charge is -2.63.